The number of esters is 1. The number of benzene rings is 1. The molecule has 0 fully saturated rings. The molecule has 0 bridgehead atoms. The molecular formula is C17H21NO7S. The van der Waals surface area contributed by atoms with Crippen molar-refractivity contribution in [3.63, 3.8) is 0 Å². The van der Waals surface area contributed by atoms with Crippen molar-refractivity contribution in [3.8, 4) is 11.5 Å². The number of aromatic hydroxyl groups is 1. The van der Waals surface area contributed by atoms with Gasteiger partial charge in [0, 0.05) is 17.4 Å². The van der Waals surface area contributed by atoms with Crippen LogP contribution in [0.5, 0.6) is 11.5 Å². The van der Waals surface area contributed by atoms with Gasteiger partial charge in [-0.1, -0.05) is 0 Å². The van der Waals surface area contributed by atoms with Crippen molar-refractivity contribution < 1.29 is 34.0 Å². The summed E-state index contributed by atoms with van der Waals surface area (Å²) in [6.45, 7) is 3.82. The fourth-order valence-corrected chi connectivity index (χ4v) is 3.30. The molecule has 0 saturated heterocycles. The molecule has 26 heavy (non-hydrogen) atoms. The predicted octanol–water partition coefficient (Wildman–Crippen LogP) is 1.69. The average molecular weight is 383 g/mol. The van der Waals surface area contributed by atoms with Gasteiger partial charge in [-0.15, -0.1) is 11.8 Å². The summed E-state index contributed by atoms with van der Waals surface area (Å²) < 4.78 is 15.3. The number of carboxylic acids is 1. The van der Waals surface area contributed by atoms with Gasteiger partial charge in [-0.3, -0.25) is 4.99 Å². The van der Waals surface area contributed by atoms with Crippen molar-refractivity contribution in [1.29, 1.82) is 0 Å². The maximum absolute atomic E-state index is 11.2. The molecule has 2 rings (SSSR count). The van der Waals surface area contributed by atoms with E-state index in [0.29, 0.717) is 28.7 Å². The first-order valence-corrected chi connectivity index (χ1v) is 9.00. The molecule has 0 spiro atoms. The number of rotatable bonds is 9. The SMILES string of the molecule is CCOC(=O)COCCOc1ccc(C2=N[C@@](C)(C(=O)O)CS2)c(O)c1. The molecule has 0 aromatic heterocycles. The monoisotopic (exact) mass is 383 g/mol. The zero-order valence-electron chi connectivity index (χ0n) is 14.6. The number of phenols is 1. The van der Waals surface area contributed by atoms with Gasteiger partial charge in [0.15, 0.2) is 5.54 Å². The first-order chi connectivity index (χ1) is 12.4. The van der Waals surface area contributed by atoms with Crippen molar-refractivity contribution in [1.82, 2.24) is 0 Å². The molecule has 0 unspecified atom stereocenters. The maximum atomic E-state index is 11.2. The molecule has 1 aliphatic rings. The predicted molar refractivity (Wildman–Crippen MR) is 96.1 cm³/mol. The molecule has 1 heterocycles. The lowest BCUT2D eigenvalue weighted by Crippen LogP contribution is -2.33. The maximum Gasteiger partial charge on any atom is 0.332 e. The van der Waals surface area contributed by atoms with Gasteiger partial charge in [0.05, 0.1) is 13.2 Å². The summed E-state index contributed by atoms with van der Waals surface area (Å²) >= 11 is 1.29. The summed E-state index contributed by atoms with van der Waals surface area (Å²) in [5.41, 5.74) is -0.719. The minimum atomic E-state index is -1.18. The number of hydrogen-bond donors (Lipinski definition) is 2. The van der Waals surface area contributed by atoms with Gasteiger partial charge in [-0.25, -0.2) is 9.59 Å². The molecule has 0 radical (unpaired) electrons. The number of nitrogens with zero attached hydrogens (tertiary/aromatic N) is 1. The fraction of sp³-hybridized carbons (Fsp3) is 0.471. The van der Waals surface area contributed by atoms with Crippen molar-refractivity contribution >= 4 is 28.7 Å². The van der Waals surface area contributed by atoms with E-state index in [2.05, 4.69) is 4.99 Å². The van der Waals surface area contributed by atoms with Gasteiger partial charge in [0.25, 0.3) is 0 Å². The molecule has 1 aliphatic heterocycles. The Morgan fingerprint density at radius 3 is 2.73 bits per heavy atom. The second-order valence-corrected chi connectivity index (χ2v) is 6.63. The molecule has 1 atom stereocenters. The van der Waals surface area contributed by atoms with E-state index in [4.69, 9.17) is 14.2 Å². The lowest BCUT2D eigenvalue weighted by Gasteiger charge is -2.11. The Balaban J connectivity index is 1.88. The summed E-state index contributed by atoms with van der Waals surface area (Å²) in [6.07, 6.45) is 0. The Bertz CT molecular complexity index is 706. The van der Waals surface area contributed by atoms with E-state index in [9.17, 15) is 19.8 Å². The summed E-state index contributed by atoms with van der Waals surface area (Å²) in [6, 6.07) is 4.71. The second kappa shape index (κ2) is 8.91. The first-order valence-electron chi connectivity index (χ1n) is 8.01. The molecular weight excluding hydrogens is 362 g/mol. The molecule has 9 heteroatoms. The van der Waals surface area contributed by atoms with Gasteiger partial charge in [0.1, 0.15) is 29.8 Å². The van der Waals surface area contributed by atoms with E-state index in [1.54, 1.807) is 26.0 Å². The van der Waals surface area contributed by atoms with Crippen LogP contribution in [0, 0.1) is 0 Å². The largest absolute Gasteiger partial charge is 0.507 e. The first kappa shape index (κ1) is 20.1. The molecule has 2 N–H and O–H groups in total. The Hall–Kier alpha value is -2.26. The van der Waals surface area contributed by atoms with Crippen molar-refractivity contribution in [2.75, 3.05) is 32.2 Å². The summed E-state index contributed by atoms with van der Waals surface area (Å²) in [4.78, 5) is 26.6. The Morgan fingerprint density at radius 1 is 1.35 bits per heavy atom. The molecule has 142 valence electrons. The van der Waals surface area contributed by atoms with Gasteiger partial charge in [-0.2, -0.15) is 0 Å². The number of carboxylic acid groups (broad SMARTS) is 1. The van der Waals surface area contributed by atoms with Gasteiger partial charge in [0.2, 0.25) is 0 Å². The highest BCUT2D eigenvalue weighted by Gasteiger charge is 2.38. The van der Waals surface area contributed by atoms with Gasteiger partial charge < -0.3 is 24.4 Å². The smallest absolute Gasteiger partial charge is 0.332 e. The number of hydrogen-bond acceptors (Lipinski definition) is 8. The number of aliphatic imine (C=N–C) groups is 1. The lowest BCUT2D eigenvalue weighted by atomic mass is 10.1. The zero-order chi connectivity index (χ0) is 19.2. The van der Waals surface area contributed by atoms with Crippen molar-refractivity contribution in [2.24, 2.45) is 4.99 Å². The lowest BCUT2D eigenvalue weighted by molar-refractivity contribution is -0.148. The van der Waals surface area contributed by atoms with E-state index in [1.165, 1.54) is 17.8 Å². The zero-order valence-corrected chi connectivity index (χ0v) is 15.4. The highest BCUT2D eigenvalue weighted by molar-refractivity contribution is 8.14. The minimum absolute atomic E-state index is 0.0455. The number of carbonyl (C=O) groups excluding carboxylic acids is 1. The highest BCUT2D eigenvalue weighted by atomic mass is 32.2. The van der Waals surface area contributed by atoms with Crippen LogP contribution in [-0.2, 0) is 19.1 Å². The third kappa shape index (κ3) is 5.12. The quantitative estimate of drug-likeness (QED) is 0.489. The van der Waals surface area contributed by atoms with Crippen LogP contribution in [0.25, 0.3) is 0 Å². The number of ether oxygens (including phenoxy) is 3. The van der Waals surface area contributed by atoms with E-state index >= 15 is 0 Å². The van der Waals surface area contributed by atoms with Gasteiger partial charge in [-0.05, 0) is 26.0 Å². The van der Waals surface area contributed by atoms with Crippen LogP contribution in [0.15, 0.2) is 23.2 Å². The second-order valence-electron chi connectivity index (χ2n) is 5.67. The molecule has 0 aliphatic carbocycles. The van der Waals surface area contributed by atoms with Crippen LogP contribution in [0.3, 0.4) is 0 Å². The topological polar surface area (TPSA) is 115 Å². The van der Waals surface area contributed by atoms with Crippen LogP contribution >= 0.6 is 11.8 Å². The van der Waals surface area contributed by atoms with E-state index in [0.717, 1.165) is 0 Å². The number of carbonyl (C=O) groups is 2. The van der Waals surface area contributed by atoms with Crippen molar-refractivity contribution in [3.05, 3.63) is 23.8 Å². The number of phenolic OH excluding ortho intramolecular Hbond substituents is 1. The van der Waals surface area contributed by atoms with Crippen LogP contribution < -0.4 is 4.74 Å². The molecule has 1 aromatic rings. The van der Waals surface area contributed by atoms with Gasteiger partial charge >= 0.3 is 11.9 Å². The van der Waals surface area contributed by atoms with E-state index in [-0.39, 0.29) is 25.6 Å². The minimum Gasteiger partial charge on any atom is -0.507 e. The van der Waals surface area contributed by atoms with Crippen LogP contribution in [0.2, 0.25) is 0 Å². The Morgan fingerprint density at radius 2 is 2.12 bits per heavy atom. The standard InChI is InChI=1S/C17H21NO7S/c1-3-24-14(20)9-23-6-7-25-11-4-5-12(13(19)8-11)15-18-17(2,10-26-15)16(21)22/h4-5,8,19H,3,6-7,9-10H2,1-2H3,(H,21,22)/t17-/m1/s1. The number of thioether (sulfide) groups is 1. The summed E-state index contributed by atoms with van der Waals surface area (Å²) in [5, 5.41) is 19.9. The Labute approximate surface area is 155 Å². The van der Waals surface area contributed by atoms with Crippen LogP contribution in [-0.4, -0.2) is 64.9 Å². The van der Waals surface area contributed by atoms with E-state index in [1.807, 2.05) is 0 Å². The summed E-state index contributed by atoms with van der Waals surface area (Å²) in [5.74, 6) is -0.737. The third-order valence-corrected chi connectivity index (χ3v) is 4.81. The molecule has 1 aromatic carbocycles. The fourth-order valence-electron chi connectivity index (χ4n) is 2.10. The third-order valence-electron chi connectivity index (χ3n) is 3.52. The van der Waals surface area contributed by atoms with Crippen LogP contribution in [0.4, 0.5) is 0 Å². The summed E-state index contributed by atoms with van der Waals surface area (Å²) in [7, 11) is 0. The van der Waals surface area contributed by atoms with E-state index < -0.39 is 17.5 Å². The van der Waals surface area contributed by atoms with Crippen molar-refractivity contribution in [2.45, 2.75) is 19.4 Å². The van der Waals surface area contributed by atoms with Crippen LogP contribution in [0.1, 0.15) is 19.4 Å². The molecule has 0 saturated carbocycles. The normalized spacial score (nSPS) is 19.1. The molecule has 8 nitrogen and oxygen atoms in total. The average Bonchev–Trinajstić information content (AvgIpc) is 2.98. The Kier molecular flexibility index (Phi) is 6.87. The molecule has 0 amide bonds. The number of aliphatic carboxylic acids is 1. The highest BCUT2D eigenvalue weighted by Crippen LogP contribution is 2.35.